The lowest BCUT2D eigenvalue weighted by Gasteiger charge is -2.41. The van der Waals surface area contributed by atoms with Gasteiger partial charge in [0.2, 0.25) is 8.32 Å². The maximum absolute atomic E-state index is 13.6. The fourth-order valence-electron chi connectivity index (χ4n) is 5.95. The number of hydrogen-bond donors (Lipinski definition) is 1. The maximum atomic E-state index is 13.6. The molecular weight excluding hydrogens is 691 g/mol. The molecule has 12 nitrogen and oxygen atoms in total. The zero-order valence-corrected chi connectivity index (χ0v) is 34.6. The Kier molecular flexibility index (Phi) is 13.0. The summed E-state index contributed by atoms with van der Waals surface area (Å²) < 4.78 is 26.1. The molecule has 0 unspecified atom stereocenters. The molecule has 3 heterocycles. The van der Waals surface area contributed by atoms with Gasteiger partial charge in [-0.1, -0.05) is 45.0 Å². The van der Waals surface area contributed by atoms with Crippen molar-refractivity contribution in [3.63, 3.8) is 0 Å². The highest BCUT2D eigenvalue weighted by Crippen LogP contribution is 2.39. The molecule has 0 radical (unpaired) electrons. The number of carbonyl (C=O) groups is 3. The number of amides is 1. The molecule has 0 aliphatic carbocycles. The van der Waals surface area contributed by atoms with Crippen LogP contribution in [0.2, 0.25) is 18.1 Å². The fourth-order valence-corrected chi connectivity index (χ4v) is 7.01. The molecule has 1 aliphatic rings. The topological polar surface area (TPSA) is 134 Å². The van der Waals surface area contributed by atoms with Gasteiger partial charge >= 0.3 is 5.97 Å². The second-order valence-electron chi connectivity index (χ2n) is 16.5. The molecule has 1 fully saturated rings. The van der Waals surface area contributed by atoms with E-state index in [0.29, 0.717) is 61.0 Å². The molecule has 53 heavy (non-hydrogen) atoms. The molecule has 1 aromatic carbocycles. The van der Waals surface area contributed by atoms with Gasteiger partial charge in [-0.2, -0.15) is 9.61 Å². The molecule has 3 aromatic rings. The summed E-state index contributed by atoms with van der Waals surface area (Å²) in [7, 11) is -2.14. The van der Waals surface area contributed by atoms with Gasteiger partial charge in [0.1, 0.15) is 11.6 Å². The Balaban J connectivity index is 1.65. The first-order valence-electron chi connectivity index (χ1n) is 18.5. The van der Waals surface area contributed by atoms with E-state index in [1.54, 1.807) is 23.6 Å². The number of ether oxygens (including phenoxy) is 3. The average Bonchev–Trinajstić information content (AvgIpc) is 3.49. The molecule has 4 rings (SSSR count). The summed E-state index contributed by atoms with van der Waals surface area (Å²) in [6.07, 6.45) is 2.15. The molecule has 1 saturated heterocycles. The van der Waals surface area contributed by atoms with Crippen molar-refractivity contribution in [2.24, 2.45) is 0 Å². The Bertz CT molecular complexity index is 1800. The third-order valence-corrected chi connectivity index (χ3v) is 14.3. The largest absolute Gasteiger partial charge is 0.543 e. The lowest BCUT2D eigenvalue weighted by atomic mass is 9.92. The van der Waals surface area contributed by atoms with Crippen molar-refractivity contribution in [1.29, 1.82) is 0 Å². The molecule has 1 amide bonds. The van der Waals surface area contributed by atoms with Crippen LogP contribution in [0.25, 0.3) is 5.65 Å². The number of nitrogens with zero attached hydrogens (tertiary/aromatic N) is 4. The van der Waals surface area contributed by atoms with E-state index >= 15 is 0 Å². The van der Waals surface area contributed by atoms with E-state index in [2.05, 4.69) is 57.6 Å². The van der Waals surface area contributed by atoms with Gasteiger partial charge in [0, 0.05) is 36.8 Å². The average molecular weight is 750 g/mol. The number of benzene rings is 1. The van der Waals surface area contributed by atoms with Gasteiger partial charge in [0.15, 0.2) is 23.2 Å². The van der Waals surface area contributed by atoms with Gasteiger partial charge in [-0.05, 0) is 78.6 Å². The van der Waals surface area contributed by atoms with Crippen LogP contribution in [0.1, 0.15) is 102 Å². The van der Waals surface area contributed by atoms with Gasteiger partial charge in [-0.15, -0.1) is 6.58 Å². The number of ketones is 1. The second-order valence-corrected chi connectivity index (χ2v) is 21.2. The van der Waals surface area contributed by atoms with E-state index in [1.807, 2.05) is 52.0 Å². The lowest BCUT2D eigenvalue weighted by Crippen LogP contribution is -2.45. The maximum Gasteiger partial charge on any atom is 0.340 e. The van der Waals surface area contributed by atoms with Gasteiger partial charge in [-0.25, -0.2) is 9.78 Å². The number of fused-ring (bicyclic) bond motifs is 1. The van der Waals surface area contributed by atoms with Crippen LogP contribution in [-0.4, -0.2) is 84.6 Å². The van der Waals surface area contributed by atoms with Crippen molar-refractivity contribution in [2.45, 2.75) is 117 Å². The molecular formula is C40H59N5O7Si. The number of esters is 1. The van der Waals surface area contributed by atoms with Gasteiger partial charge in [-0.3, -0.25) is 9.59 Å². The van der Waals surface area contributed by atoms with E-state index in [-0.39, 0.29) is 41.7 Å². The van der Waals surface area contributed by atoms with Crippen molar-refractivity contribution in [1.82, 2.24) is 19.9 Å². The Labute approximate surface area is 315 Å². The summed E-state index contributed by atoms with van der Waals surface area (Å²) in [6, 6.07) is 9.16. The number of para-hydroxylation sites is 1. The highest BCUT2D eigenvalue weighted by molar-refractivity contribution is 6.74. The van der Waals surface area contributed by atoms with Crippen molar-refractivity contribution < 1.29 is 33.0 Å². The first-order valence-corrected chi connectivity index (χ1v) is 21.4. The third-order valence-electron chi connectivity index (χ3n) is 9.92. The predicted octanol–water partition coefficient (Wildman–Crippen LogP) is 6.94. The number of hydrogen-bond acceptors (Lipinski definition) is 10. The number of carbonyl (C=O) groups excluding carboxylic acids is 3. The van der Waals surface area contributed by atoms with Crippen molar-refractivity contribution in [2.75, 3.05) is 37.7 Å². The van der Waals surface area contributed by atoms with E-state index in [9.17, 15) is 14.4 Å². The number of piperidine rings is 1. The van der Waals surface area contributed by atoms with Crippen LogP contribution in [0, 0.1) is 6.92 Å². The SMILES string of the molecule is C=CCOC1(C)CCN(c2c([C@H](OC(C)(C)C)C(=O)OCC)c(C)nc3cc(C(=O)NCC(=O)Cc4ccccc4O[Si](C)(C)C(C)(C)C)nn23)CC1. The van der Waals surface area contributed by atoms with Crippen LogP contribution in [-0.2, 0) is 30.2 Å². The zero-order chi connectivity index (χ0) is 39.4. The van der Waals surface area contributed by atoms with Crippen molar-refractivity contribution in [3.8, 4) is 5.75 Å². The van der Waals surface area contributed by atoms with Crippen LogP contribution in [0.3, 0.4) is 0 Å². The number of Topliss-reactive ketones (excluding diaryl/α,β-unsaturated/α-hetero) is 1. The van der Waals surface area contributed by atoms with Gasteiger partial charge in [0.25, 0.3) is 5.91 Å². The number of aromatic nitrogens is 3. The van der Waals surface area contributed by atoms with E-state index in [1.165, 1.54) is 0 Å². The predicted molar refractivity (Wildman–Crippen MR) is 209 cm³/mol. The molecule has 1 atom stereocenters. The Hall–Kier alpha value is -4.07. The third kappa shape index (κ3) is 10.3. The fraction of sp³-hybridized carbons (Fsp3) is 0.575. The first kappa shape index (κ1) is 41.7. The lowest BCUT2D eigenvalue weighted by molar-refractivity contribution is -0.167. The summed E-state index contributed by atoms with van der Waals surface area (Å²) in [6.45, 7) is 27.5. The number of aryl methyl sites for hydroxylation is 1. The minimum Gasteiger partial charge on any atom is -0.543 e. The molecule has 1 N–H and O–H groups in total. The molecule has 0 saturated carbocycles. The Morgan fingerprint density at radius 1 is 1.09 bits per heavy atom. The number of anilines is 1. The number of rotatable bonds is 15. The molecule has 290 valence electrons. The van der Waals surface area contributed by atoms with E-state index in [0.717, 1.165) is 5.56 Å². The zero-order valence-electron chi connectivity index (χ0n) is 33.6. The normalized spacial score (nSPS) is 15.6. The summed E-state index contributed by atoms with van der Waals surface area (Å²) >= 11 is 0. The van der Waals surface area contributed by atoms with Crippen molar-refractivity contribution in [3.05, 3.63) is 65.5 Å². The molecule has 13 heteroatoms. The van der Waals surface area contributed by atoms with Crippen molar-refractivity contribution >= 4 is 37.4 Å². The molecule has 0 bridgehead atoms. The van der Waals surface area contributed by atoms with Gasteiger partial charge in [0.05, 0.1) is 36.5 Å². The van der Waals surface area contributed by atoms with Crippen LogP contribution >= 0.6 is 0 Å². The smallest absolute Gasteiger partial charge is 0.340 e. The van der Waals surface area contributed by atoms with Gasteiger partial charge < -0.3 is 28.9 Å². The minimum absolute atomic E-state index is 0.00598. The van der Waals surface area contributed by atoms with Crippen LogP contribution in [0.5, 0.6) is 5.75 Å². The summed E-state index contributed by atoms with van der Waals surface area (Å²) in [4.78, 5) is 47.3. The monoisotopic (exact) mass is 749 g/mol. The Morgan fingerprint density at radius 2 is 1.75 bits per heavy atom. The van der Waals surface area contributed by atoms with Crippen LogP contribution in [0.4, 0.5) is 5.82 Å². The molecule has 1 aliphatic heterocycles. The summed E-state index contributed by atoms with van der Waals surface area (Å²) in [5.74, 6) is 0.0672. The highest BCUT2D eigenvalue weighted by Gasteiger charge is 2.40. The highest BCUT2D eigenvalue weighted by atomic mass is 28.4. The van der Waals surface area contributed by atoms with E-state index < -0.39 is 31.9 Å². The summed E-state index contributed by atoms with van der Waals surface area (Å²) in [5.41, 5.74) is 1.30. The quantitative estimate of drug-likeness (QED) is 0.0990. The molecule has 0 spiro atoms. The first-order chi connectivity index (χ1) is 24.7. The standard InChI is InChI=1S/C40H59N5O7Si/c1-13-23-50-40(10)19-21-44(22-20-40)36-33(34(37(48)49-14-2)51-38(4,5)6)27(3)42-32-25-30(43-45(32)36)35(47)41-26-29(46)24-28-17-15-16-18-31(28)52-53(11,12)39(7,8)9/h13,15-18,25,34H,1,14,19-24,26H2,2-12H3,(H,41,47)/t34-/m0/s1. The second kappa shape index (κ2) is 16.5. The van der Waals surface area contributed by atoms with E-state index in [4.69, 9.17) is 28.7 Å². The summed E-state index contributed by atoms with van der Waals surface area (Å²) in [5, 5.41) is 7.47. The number of nitrogens with one attached hydrogen (secondary N) is 1. The minimum atomic E-state index is -2.14. The Morgan fingerprint density at radius 3 is 2.36 bits per heavy atom. The van der Waals surface area contributed by atoms with Crippen LogP contribution in [0.15, 0.2) is 43.0 Å². The molecule has 2 aromatic heterocycles. The van der Waals surface area contributed by atoms with Crippen LogP contribution < -0.4 is 14.6 Å².